The van der Waals surface area contributed by atoms with Crippen molar-refractivity contribution in [3.8, 4) is 5.75 Å². The molecule has 3 nitrogen and oxygen atoms in total. The zero-order chi connectivity index (χ0) is 17.7. The average molecular weight is 335 g/mol. The maximum absolute atomic E-state index is 13.7. The van der Waals surface area contributed by atoms with Crippen molar-refractivity contribution < 1.29 is 13.9 Å². The van der Waals surface area contributed by atoms with Crippen LogP contribution in [0.15, 0.2) is 18.2 Å². The van der Waals surface area contributed by atoms with Crippen LogP contribution in [0.2, 0.25) is 0 Å². The second-order valence-electron chi connectivity index (χ2n) is 7.60. The maximum Gasteiger partial charge on any atom is 0.224 e. The number of hydrogen-bond donors (Lipinski definition) is 1. The molecule has 134 valence electrons. The molecule has 1 fully saturated rings. The molecule has 0 bridgehead atoms. The predicted octanol–water partition coefficient (Wildman–Crippen LogP) is 4.49. The second kappa shape index (κ2) is 8.00. The first kappa shape index (κ1) is 18.8. The smallest absolute Gasteiger partial charge is 0.224 e. The molecular weight excluding hydrogens is 305 g/mol. The fourth-order valence-electron chi connectivity index (χ4n) is 3.59. The minimum atomic E-state index is -0.426. The van der Waals surface area contributed by atoms with Gasteiger partial charge in [-0.2, -0.15) is 0 Å². The van der Waals surface area contributed by atoms with Crippen molar-refractivity contribution in [3.63, 3.8) is 0 Å². The van der Waals surface area contributed by atoms with E-state index in [1.54, 1.807) is 12.1 Å². The number of ether oxygens (including phenoxy) is 1. The Kier molecular flexibility index (Phi) is 6.25. The van der Waals surface area contributed by atoms with E-state index < -0.39 is 5.82 Å². The monoisotopic (exact) mass is 335 g/mol. The van der Waals surface area contributed by atoms with E-state index in [2.05, 4.69) is 26.1 Å². The quantitative estimate of drug-likeness (QED) is 0.832. The molecule has 1 aromatic rings. The number of amides is 1. The molecule has 0 unspecified atom stereocenters. The molecule has 0 atom stereocenters. The van der Waals surface area contributed by atoms with E-state index in [1.807, 2.05) is 0 Å². The molecule has 0 aromatic heterocycles. The van der Waals surface area contributed by atoms with Gasteiger partial charge in [-0.05, 0) is 54.7 Å². The van der Waals surface area contributed by atoms with Crippen molar-refractivity contribution in [1.82, 2.24) is 5.32 Å². The van der Waals surface area contributed by atoms with E-state index in [0.29, 0.717) is 11.0 Å². The van der Waals surface area contributed by atoms with Gasteiger partial charge in [-0.15, -0.1) is 0 Å². The maximum atomic E-state index is 13.7. The van der Waals surface area contributed by atoms with Crippen LogP contribution in [0.5, 0.6) is 5.75 Å². The molecule has 0 aliphatic heterocycles. The Balaban J connectivity index is 1.83. The van der Waals surface area contributed by atoms with Crippen molar-refractivity contribution >= 4 is 5.91 Å². The number of carbonyl (C=O) groups is 1. The van der Waals surface area contributed by atoms with Crippen molar-refractivity contribution in [2.45, 2.75) is 65.3 Å². The highest BCUT2D eigenvalue weighted by molar-refractivity contribution is 5.78. The SMILES string of the molecule is CCC(C)(C)C1CCC(NC(=O)Cc2ccc(OC)c(F)c2)CC1. The van der Waals surface area contributed by atoms with Gasteiger partial charge in [-0.3, -0.25) is 4.79 Å². The normalized spacial score (nSPS) is 21.4. The molecule has 1 saturated carbocycles. The predicted molar refractivity (Wildman–Crippen MR) is 94.6 cm³/mol. The molecule has 1 aliphatic carbocycles. The number of methoxy groups -OCH3 is 1. The second-order valence-corrected chi connectivity index (χ2v) is 7.60. The molecule has 0 radical (unpaired) electrons. The molecule has 0 saturated heterocycles. The van der Waals surface area contributed by atoms with Gasteiger partial charge in [0.1, 0.15) is 0 Å². The van der Waals surface area contributed by atoms with E-state index >= 15 is 0 Å². The third kappa shape index (κ3) is 4.71. The first-order valence-electron chi connectivity index (χ1n) is 8.97. The van der Waals surface area contributed by atoms with Crippen LogP contribution in [-0.4, -0.2) is 19.1 Å². The number of benzene rings is 1. The topological polar surface area (TPSA) is 38.3 Å². The highest BCUT2D eigenvalue weighted by Crippen LogP contribution is 2.40. The Morgan fingerprint density at radius 1 is 1.29 bits per heavy atom. The Morgan fingerprint density at radius 2 is 1.96 bits per heavy atom. The van der Waals surface area contributed by atoms with E-state index in [1.165, 1.54) is 32.4 Å². The van der Waals surface area contributed by atoms with Gasteiger partial charge >= 0.3 is 0 Å². The first-order valence-corrected chi connectivity index (χ1v) is 8.97. The Hall–Kier alpha value is -1.58. The van der Waals surface area contributed by atoms with E-state index in [0.717, 1.165) is 18.8 Å². The summed E-state index contributed by atoms with van der Waals surface area (Å²) in [6.07, 6.45) is 5.82. The summed E-state index contributed by atoms with van der Waals surface area (Å²) in [4.78, 5) is 12.2. The van der Waals surface area contributed by atoms with Crippen LogP contribution >= 0.6 is 0 Å². The molecule has 1 aliphatic rings. The van der Waals surface area contributed by atoms with Gasteiger partial charge in [-0.1, -0.05) is 33.3 Å². The lowest BCUT2D eigenvalue weighted by Crippen LogP contribution is -2.40. The lowest BCUT2D eigenvalue weighted by atomic mass is 9.69. The number of halogens is 1. The number of nitrogens with one attached hydrogen (secondary N) is 1. The molecule has 1 amide bonds. The molecule has 1 aromatic carbocycles. The number of hydrogen-bond acceptors (Lipinski definition) is 2. The van der Waals surface area contributed by atoms with Crippen LogP contribution < -0.4 is 10.1 Å². The highest BCUT2D eigenvalue weighted by atomic mass is 19.1. The Morgan fingerprint density at radius 3 is 2.50 bits per heavy atom. The Labute approximate surface area is 145 Å². The third-order valence-electron chi connectivity index (χ3n) is 5.69. The van der Waals surface area contributed by atoms with Gasteiger partial charge in [0.2, 0.25) is 5.91 Å². The van der Waals surface area contributed by atoms with Crippen molar-refractivity contribution in [2.24, 2.45) is 11.3 Å². The highest BCUT2D eigenvalue weighted by Gasteiger charge is 2.32. The lowest BCUT2D eigenvalue weighted by molar-refractivity contribution is -0.121. The summed E-state index contributed by atoms with van der Waals surface area (Å²) < 4.78 is 18.6. The summed E-state index contributed by atoms with van der Waals surface area (Å²) in [5.74, 6) is 0.491. The standard InChI is InChI=1S/C20H30FNO2/c1-5-20(2,3)15-7-9-16(10-8-15)22-19(23)13-14-6-11-18(24-4)17(21)12-14/h6,11-12,15-16H,5,7-10,13H2,1-4H3,(H,22,23). The van der Waals surface area contributed by atoms with Crippen molar-refractivity contribution in [2.75, 3.05) is 7.11 Å². The fourth-order valence-corrected chi connectivity index (χ4v) is 3.59. The number of carbonyl (C=O) groups excluding carboxylic acids is 1. The zero-order valence-corrected chi connectivity index (χ0v) is 15.3. The van der Waals surface area contributed by atoms with Gasteiger partial charge in [0.15, 0.2) is 11.6 Å². The lowest BCUT2D eigenvalue weighted by Gasteiger charge is -2.39. The van der Waals surface area contributed by atoms with Gasteiger partial charge in [-0.25, -0.2) is 4.39 Å². The summed E-state index contributed by atoms with van der Waals surface area (Å²) in [7, 11) is 1.43. The minimum absolute atomic E-state index is 0.0298. The van der Waals surface area contributed by atoms with Crippen LogP contribution in [0.1, 0.15) is 58.4 Å². The van der Waals surface area contributed by atoms with E-state index in [4.69, 9.17) is 4.74 Å². The molecule has 0 heterocycles. The van der Waals surface area contributed by atoms with Gasteiger partial charge < -0.3 is 10.1 Å². The average Bonchev–Trinajstić information content (AvgIpc) is 2.55. The molecule has 4 heteroatoms. The molecule has 1 N–H and O–H groups in total. The summed E-state index contributed by atoms with van der Waals surface area (Å²) >= 11 is 0. The summed E-state index contributed by atoms with van der Waals surface area (Å²) in [6.45, 7) is 6.94. The van der Waals surface area contributed by atoms with Crippen LogP contribution in [0.25, 0.3) is 0 Å². The van der Waals surface area contributed by atoms with Gasteiger partial charge in [0.05, 0.1) is 13.5 Å². The summed E-state index contributed by atoms with van der Waals surface area (Å²) in [5.41, 5.74) is 1.06. The van der Waals surface area contributed by atoms with E-state index in [-0.39, 0.29) is 24.1 Å². The van der Waals surface area contributed by atoms with Crippen LogP contribution in [0, 0.1) is 17.2 Å². The molecular formula is C20H30FNO2. The largest absolute Gasteiger partial charge is 0.494 e. The fraction of sp³-hybridized carbons (Fsp3) is 0.650. The number of rotatable bonds is 6. The Bertz CT molecular complexity index is 563. The molecule has 0 spiro atoms. The van der Waals surface area contributed by atoms with Crippen molar-refractivity contribution in [1.29, 1.82) is 0 Å². The van der Waals surface area contributed by atoms with Crippen LogP contribution in [0.3, 0.4) is 0 Å². The van der Waals surface area contributed by atoms with Gasteiger partial charge in [0, 0.05) is 6.04 Å². The van der Waals surface area contributed by atoms with Gasteiger partial charge in [0.25, 0.3) is 0 Å². The van der Waals surface area contributed by atoms with Crippen LogP contribution in [0.4, 0.5) is 4.39 Å². The molecule has 24 heavy (non-hydrogen) atoms. The zero-order valence-electron chi connectivity index (χ0n) is 15.3. The van der Waals surface area contributed by atoms with Crippen molar-refractivity contribution in [3.05, 3.63) is 29.6 Å². The van der Waals surface area contributed by atoms with E-state index in [9.17, 15) is 9.18 Å². The minimum Gasteiger partial charge on any atom is -0.494 e. The molecule has 2 rings (SSSR count). The summed E-state index contributed by atoms with van der Waals surface area (Å²) in [5, 5.41) is 3.11. The third-order valence-corrected chi connectivity index (χ3v) is 5.69. The summed E-state index contributed by atoms with van der Waals surface area (Å²) in [6, 6.07) is 4.93. The first-order chi connectivity index (χ1) is 11.4. The van der Waals surface area contributed by atoms with Crippen LogP contribution in [-0.2, 0) is 11.2 Å².